The van der Waals surface area contributed by atoms with Gasteiger partial charge in [0.15, 0.2) is 0 Å². The molecule has 0 amide bonds. The van der Waals surface area contributed by atoms with Gasteiger partial charge in [0.1, 0.15) is 0 Å². The Kier molecular flexibility index (Phi) is 3.39. The zero-order chi connectivity index (χ0) is 10.8. The Morgan fingerprint density at radius 1 is 1.43 bits per heavy atom. The van der Waals surface area contributed by atoms with E-state index in [1.54, 1.807) is 32.0 Å². The van der Waals surface area contributed by atoms with Crippen LogP contribution in [0.2, 0.25) is 5.02 Å². The fraction of sp³-hybridized carbons (Fsp3) is 0.333. The van der Waals surface area contributed by atoms with Gasteiger partial charge in [-0.2, -0.15) is 0 Å². The lowest BCUT2D eigenvalue weighted by Gasteiger charge is -2.08. The molecule has 0 saturated carbocycles. The van der Waals surface area contributed by atoms with Gasteiger partial charge in [0.05, 0.1) is 11.4 Å². The first-order valence-electron chi connectivity index (χ1n) is 4.21. The van der Waals surface area contributed by atoms with Crippen molar-refractivity contribution in [1.82, 2.24) is 0 Å². The van der Waals surface area contributed by atoms with Gasteiger partial charge in [0.2, 0.25) is 10.0 Å². The molecule has 0 unspecified atom stereocenters. The predicted molar refractivity (Wildman–Crippen MR) is 59.3 cm³/mol. The summed E-state index contributed by atoms with van der Waals surface area (Å²) in [6.07, 6.45) is 0. The Morgan fingerprint density at radius 3 is 2.57 bits per heavy atom. The minimum atomic E-state index is -3.20. The van der Waals surface area contributed by atoms with Gasteiger partial charge in [-0.15, -0.1) is 0 Å². The molecule has 1 N–H and O–H groups in total. The molecule has 0 spiro atoms. The van der Waals surface area contributed by atoms with Gasteiger partial charge >= 0.3 is 0 Å². The second-order valence-corrected chi connectivity index (χ2v) is 5.41. The molecule has 14 heavy (non-hydrogen) atoms. The van der Waals surface area contributed by atoms with Crippen LogP contribution in [0.1, 0.15) is 12.5 Å². The number of nitrogens with one attached hydrogen (secondary N) is 1. The van der Waals surface area contributed by atoms with Crippen LogP contribution in [-0.2, 0) is 10.0 Å². The van der Waals surface area contributed by atoms with Crippen LogP contribution in [0.25, 0.3) is 0 Å². The zero-order valence-electron chi connectivity index (χ0n) is 8.04. The monoisotopic (exact) mass is 233 g/mol. The van der Waals surface area contributed by atoms with Gasteiger partial charge in [-0.3, -0.25) is 4.72 Å². The Morgan fingerprint density at radius 2 is 2.07 bits per heavy atom. The van der Waals surface area contributed by atoms with Crippen molar-refractivity contribution in [2.75, 3.05) is 10.5 Å². The van der Waals surface area contributed by atoms with Crippen molar-refractivity contribution in [1.29, 1.82) is 0 Å². The third kappa shape index (κ3) is 2.89. The number of hydrogen-bond donors (Lipinski definition) is 1. The van der Waals surface area contributed by atoms with E-state index in [1.165, 1.54) is 0 Å². The number of anilines is 1. The summed E-state index contributed by atoms with van der Waals surface area (Å²) in [5.74, 6) is 0.0646. The first-order chi connectivity index (χ1) is 6.44. The van der Waals surface area contributed by atoms with Gasteiger partial charge in [0.25, 0.3) is 0 Å². The summed E-state index contributed by atoms with van der Waals surface area (Å²) in [6, 6.07) is 5.03. The van der Waals surface area contributed by atoms with Crippen LogP contribution >= 0.6 is 11.6 Å². The molecule has 3 nitrogen and oxygen atoms in total. The molecule has 0 aromatic heterocycles. The van der Waals surface area contributed by atoms with Gasteiger partial charge < -0.3 is 0 Å². The summed E-state index contributed by atoms with van der Waals surface area (Å²) in [5.41, 5.74) is 1.39. The molecule has 0 atom stereocenters. The van der Waals surface area contributed by atoms with Crippen LogP contribution in [0.5, 0.6) is 0 Å². The van der Waals surface area contributed by atoms with Crippen molar-refractivity contribution in [3.63, 3.8) is 0 Å². The molecule has 0 fully saturated rings. The molecule has 5 heteroatoms. The Hall–Kier alpha value is -0.740. The van der Waals surface area contributed by atoms with E-state index in [2.05, 4.69) is 4.72 Å². The maximum Gasteiger partial charge on any atom is 0.232 e. The highest BCUT2D eigenvalue weighted by Gasteiger charge is 2.08. The van der Waals surface area contributed by atoms with Crippen molar-refractivity contribution in [3.8, 4) is 0 Å². The Bertz CT molecular complexity index is 428. The highest BCUT2D eigenvalue weighted by atomic mass is 35.5. The Balaban J connectivity index is 2.99. The lowest BCUT2D eigenvalue weighted by atomic mass is 10.2. The first kappa shape index (κ1) is 11.3. The van der Waals surface area contributed by atoms with Gasteiger partial charge in [-0.1, -0.05) is 11.6 Å². The third-order valence-electron chi connectivity index (χ3n) is 1.83. The summed E-state index contributed by atoms with van der Waals surface area (Å²) in [7, 11) is -3.20. The molecule has 0 saturated heterocycles. The molecule has 1 aromatic carbocycles. The van der Waals surface area contributed by atoms with Crippen molar-refractivity contribution in [2.45, 2.75) is 13.8 Å². The fourth-order valence-corrected chi connectivity index (χ4v) is 1.92. The van der Waals surface area contributed by atoms with Crippen LogP contribution in [0.15, 0.2) is 18.2 Å². The average molecular weight is 234 g/mol. The van der Waals surface area contributed by atoms with Crippen molar-refractivity contribution in [3.05, 3.63) is 28.8 Å². The second kappa shape index (κ2) is 4.19. The smallest absolute Gasteiger partial charge is 0.232 e. The third-order valence-corrected chi connectivity index (χ3v) is 3.36. The van der Waals surface area contributed by atoms with E-state index in [4.69, 9.17) is 11.6 Å². The second-order valence-electron chi connectivity index (χ2n) is 2.96. The molecule has 0 bridgehead atoms. The van der Waals surface area contributed by atoms with E-state index in [1.807, 2.05) is 0 Å². The van der Waals surface area contributed by atoms with E-state index in [0.29, 0.717) is 10.7 Å². The molecular weight excluding hydrogens is 222 g/mol. The number of rotatable bonds is 3. The van der Waals surface area contributed by atoms with Crippen LogP contribution < -0.4 is 4.72 Å². The van der Waals surface area contributed by atoms with Crippen LogP contribution in [0.3, 0.4) is 0 Å². The standard InChI is InChI=1S/C9H12ClNO2S/c1-3-14(12,13)11-9-5-4-8(10)6-7(9)2/h4-6,11H,3H2,1-2H3. The molecule has 0 aliphatic carbocycles. The predicted octanol–water partition coefficient (Wildman–Crippen LogP) is 2.41. The SMILES string of the molecule is CCS(=O)(=O)Nc1ccc(Cl)cc1C. The maximum absolute atomic E-state index is 11.3. The van der Waals surface area contributed by atoms with Crippen molar-refractivity contribution >= 4 is 27.3 Å². The first-order valence-corrected chi connectivity index (χ1v) is 6.24. The summed E-state index contributed by atoms with van der Waals surface area (Å²) in [4.78, 5) is 0. The number of sulfonamides is 1. The van der Waals surface area contributed by atoms with Crippen LogP contribution in [0, 0.1) is 6.92 Å². The summed E-state index contributed by atoms with van der Waals surface area (Å²) >= 11 is 5.74. The van der Waals surface area contributed by atoms with Gasteiger partial charge in [0, 0.05) is 5.02 Å². The highest BCUT2D eigenvalue weighted by molar-refractivity contribution is 7.92. The molecule has 0 radical (unpaired) electrons. The minimum absolute atomic E-state index is 0.0646. The molecule has 1 rings (SSSR count). The average Bonchev–Trinajstić information content (AvgIpc) is 2.10. The summed E-state index contributed by atoms with van der Waals surface area (Å²) < 4.78 is 25.0. The minimum Gasteiger partial charge on any atom is -0.283 e. The largest absolute Gasteiger partial charge is 0.283 e. The van der Waals surface area contributed by atoms with Gasteiger partial charge in [-0.25, -0.2) is 8.42 Å². The molecule has 0 heterocycles. The molecule has 0 aliphatic rings. The Labute approximate surface area is 89.1 Å². The topological polar surface area (TPSA) is 46.2 Å². The number of halogens is 1. The molecule has 0 aliphatic heterocycles. The van der Waals surface area contributed by atoms with E-state index >= 15 is 0 Å². The van der Waals surface area contributed by atoms with Crippen LogP contribution in [-0.4, -0.2) is 14.2 Å². The van der Waals surface area contributed by atoms with E-state index in [9.17, 15) is 8.42 Å². The lowest BCUT2D eigenvalue weighted by Crippen LogP contribution is -2.15. The highest BCUT2D eigenvalue weighted by Crippen LogP contribution is 2.20. The van der Waals surface area contributed by atoms with E-state index in [0.717, 1.165) is 5.56 Å². The van der Waals surface area contributed by atoms with Crippen molar-refractivity contribution < 1.29 is 8.42 Å². The molecular formula is C9H12ClNO2S. The quantitative estimate of drug-likeness (QED) is 0.872. The zero-order valence-corrected chi connectivity index (χ0v) is 9.61. The fourth-order valence-electron chi connectivity index (χ4n) is 0.981. The van der Waals surface area contributed by atoms with Crippen LogP contribution in [0.4, 0.5) is 5.69 Å². The summed E-state index contributed by atoms with van der Waals surface area (Å²) in [5, 5.41) is 0.599. The van der Waals surface area contributed by atoms with E-state index < -0.39 is 10.0 Å². The van der Waals surface area contributed by atoms with Gasteiger partial charge in [-0.05, 0) is 37.6 Å². The maximum atomic E-state index is 11.3. The summed E-state index contributed by atoms with van der Waals surface area (Å²) in [6.45, 7) is 3.40. The normalized spacial score (nSPS) is 11.4. The lowest BCUT2D eigenvalue weighted by molar-refractivity contribution is 0.602. The number of hydrogen-bond acceptors (Lipinski definition) is 2. The van der Waals surface area contributed by atoms with Crippen molar-refractivity contribution in [2.24, 2.45) is 0 Å². The van der Waals surface area contributed by atoms with E-state index in [-0.39, 0.29) is 5.75 Å². The molecule has 78 valence electrons. The molecule has 1 aromatic rings. The number of aryl methyl sites for hydroxylation is 1. The number of benzene rings is 1.